The topological polar surface area (TPSA) is 121 Å². The summed E-state index contributed by atoms with van der Waals surface area (Å²) >= 11 is 0.250. The van der Waals surface area contributed by atoms with E-state index in [4.69, 9.17) is 0 Å². The summed E-state index contributed by atoms with van der Waals surface area (Å²) in [5, 5.41) is 65.7. The second-order valence-corrected chi connectivity index (χ2v) is 41.9. The highest BCUT2D eigenvalue weighted by molar-refractivity contribution is 7.93. The van der Waals surface area contributed by atoms with Crippen molar-refractivity contribution in [2.24, 2.45) is 121 Å². The van der Waals surface area contributed by atoms with E-state index in [1.54, 1.807) is 16.7 Å². The van der Waals surface area contributed by atoms with Crippen LogP contribution in [0.25, 0.3) is 0 Å². The fraction of sp³-hybridized carbons (Fsp3) is 0.753. The minimum absolute atomic E-state index is 0.250. The van der Waals surface area contributed by atoms with Gasteiger partial charge < -0.3 is 30.6 Å². The molecule has 6 N–H and O–H groups in total. The maximum absolute atomic E-state index is 11.2. The molecule has 3 aromatic rings. The molecule has 9 fully saturated rings. The third kappa shape index (κ3) is 15.9. The first-order valence-corrected chi connectivity index (χ1v) is 44.2. The van der Waals surface area contributed by atoms with Gasteiger partial charge in [-0.2, -0.15) is 3.89 Å². The highest BCUT2D eigenvalue weighted by Gasteiger charge is 2.64. The van der Waals surface area contributed by atoms with E-state index in [1.807, 2.05) is 96.1 Å². The van der Waals surface area contributed by atoms with Crippen molar-refractivity contribution in [3.05, 3.63) is 143 Å². The van der Waals surface area contributed by atoms with Crippen LogP contribution >= 0.6 is 12.1 Å². The Morgan fingerprint density at radius 3 is 0.848 bits per heavy atom. The normalized spacial score (nSPS) is 43.2. The summed E-state index contributed by atoms with van der Waals surface area (Å²) in [4.78, 5) is 0. The van der Waals surface area contributed by atoms with E-state index >= 15 is 0 Å². The molecule has 0 spiro atoms. The molecule has 8 heteroatoms. The lowest BCUT2D eigenvalue weighted by molar-refractivity contribution is -0.0715. The summed E-state index contributed by atoms with van der Waals surface area (Å²) in [6, 6.07) is 30.7. The van der Waals surface area contributed by atoms with Crippen molar-refractivity contribution >= 4 is 12.1 Å². The first kappa shape index (κ1) is 81.4. The van der Waals surface area contributed by atoms with Crippen LogP contribution in [0.2, 0.25) is 0 Å². The minimum Gasteiger partial charge on any atom is -0.390 e. The van der Waals surface area contributed by atoms with Crippen LogP contribution in [-0.2, 0) is 16.8 Å². The second kappa shape index (κ2) is 30.8. The van der Waals surface area contributed by atoms with E-state index in [0.717, 1.165) is 184 Å². The van der Waals surface area contributed by atoms with Gasteiger partial charge in [-0.05, 0) is 372 Å². The smallest absolute Gasteiger partial charge is 0.0868 e. The maximum atomic E-state index is 11.2. The standard InChI is InChI=1S/3C32H48O2.CH3FS/c3*1-22(15-18-32(5,34)23-9-7-6-8-10-23)26-13-14-27-25-12-11-24-21-29(2,33)19-20-30(24,3)28(25)16-17-31(26,27)4;1-3-2/h3*6-11,22,25-28,33-34H,12-21H2,1-5H3;1H3/t22-,25+,26-,27+,28+,29+,30+,31-,32?;22-,25+,26-,27+,28+,29+,30+,31-,32+;22-,25+,26-,27+,28+,29+,30+,31-,32-;/m111./s1. The van der Waals surface area contributed by atoms with Gasteiger partial charge >= 0.3 is 0 Å². The Balaban J connectivity index is 0.000000145. The van der Waals surface area contributed by atoms with Gasteiger partial charge in [0.15, 0.2) is 0 Å². The van der Waals surface area contributed by atoms with Gasteiger partial charge in [-0.15, -0.1) is 0 Å². The highest BCUT2D eigenvalue weighted by Crippen LogP contribution is 2.72. The van der Waals surface area contributed by atoms with Crippen molar-refractivity contribution in [1.82, 2.24) is 0 Å². The number of rotatable bonds is 15. The zero-order valence-corrected chi connectivity index (χ0v) is 69.6. The maximum Gasteiger partial charge on any atom is 0.0868 e. The Kier molecular flexibility index (Phi) is 23.9. The van der Waals surface area contributed by atoms with Crippen molar-refractivity contribution in [2.75, 3.05) is 6.26 Å². The van der Waals surface area contributed by atoms with Crippen LogP contribution in [0.15, 0.2) is 126 Å². The largest absolute Gasteiger partial charge is 0.390 e. The molecule has 12 aliphatic carbocycles. The molecule has 0 aromatic heterocycles. The quantitative estimate of drug-likeness (QED) is 0.0839. The summed E-state index contributed by atoms with van der Waals surface area (Å²) in [5.74, 6) is 11.6. The number of fused-ring (bicyclic) bond motifs is 15. The summed E-state index contributed by atoms with van der Waals surface area (Å²) < 4.78 is 10.2. The van der Waals surface area contributed by atoms with Gasteiger partial charge in [0.25, 0.3) is 0 Å². The van der Waals surface area contributed by atoms with Crippen LogP contribution < -0.4 is 0 Å². The lowest BCUT2D eigenvalue weighted by Gasteiger charge is -2.59. The SMILES string of the molecule is CSF.C[C@H](CCC(C)(O)c1ccccc1)[C@H]1CC[C@H]2[C@@H]3CC=C4C[C@@](C)(O)CC[C@]4(C)[C@H]3CC[C@]12C.C[C@H](CC[C@@](C)(O)c1ccccc1)[C@H]1CC[C@H]2[C@@H]3CC=C4C[C@@](C)(O)CC[C@]4(C)[C@H]3CC[C@]12C.C[C@H](CC[C@](C)(O)c1ccccc1)[C@H]1CC[C@H]2[C@@H]3CC=C4C[C@@](C)(O)CC[C@]4(C)[C@H]3CC[C@]12C. The molecule has 9 saturated carbocycles. The first-order valence-electron chi connectivity index (χ1n) is 43.0. The summed E-state index contributed by atoms with van der Waals surface area (Å²) in [7, 11) is 0. The lowest BCUT2D eigenvalue weighted by Crippen LogP contribution is -2.52. The van der Waals surface area contributed by atoms with Crippen LogP contribution in [0.4, 0.5) is 3.89 Å². The average Bonchev–Trinajstić information content (AvgIpc) is 1.72. The molecule has 0 heterocycles. The Labute approximate surface area is 643 Å². The van der Waals surface area contributed by atoms with Gasteiger partial charge in [-0.1, -0.05) is 188 Å². The zero-order chi connectivity index (χ0) is 75.8. The first-order chi connectivity index (χ1) is 49.3. The number of allylic oxidation sites excluding steroid dienone is 3. The van der Waals surface area contributed by atoms with Gasteiger partial charge in [0.05, 0.1) is 33.6 Å². The van der Waals surface area contributed by atoms with E-state index in [9.17, 15) is 34.5 Å². The molecule has 27 atom stereocenters. The predicted molar refractivity (Wildman–Crippen MR) is 435 cm³/mol. The van der Waals surface area contributed by atoms with Crippen LogP contribution in [0.3, 0.4) is 0 Å². The van der Waals surface area contributed by atoms with Crippen molar-refractivity contribution in [3.63, 3.8) is 0 Å². The average molecular weight is 1460 g/mol. The van der Waals surface area contributed by atoms with Crippen LogP contribution in [0.5, 0.6) is 0 Å². The molecule has 0 radical (unpaired) electrons. The van der Waals surface area contributed by atoms with Crippen molar-refractivity contribution < 1.29 is 34.5 Å². The van der Waals surface area contributed by atoms with E-state index in [1.165, 1.54) is 103 Å². The van der Waals surface area contributed by atoms with Crippen molar-refractivity contribution in [3.8, 4) is 0 Å². The number of halogens is 1. The van der Waals surface area contributed by atoms with Crippen LogP contribution in [0, 0.1) is 121 Å². The molecule has 0 saturated heterocycles. The van der Waals surface area contributed by atoms with Gasteiger partial charge in [0.1, 0.15) is 0 Å². The van der Waals surface area contributed by atoms with Gasteiger partial charge in [-0.3, -0.25) is 0 Å². The Bertz CT molecular complexity index is 3140. The molecule has 105 heavy (non-hydrogen) atoms. The van der Waals surface area contributed by atoms with E-state index in [0.29, 0.717) is 50.2 Å². The zero-order valence-electron chi connectivity index (χ0n) is 68.7. The number of hydrogen-bond acceptors (Lipinski definition) is 7. The third-order valence-corrected chi connectivity index (χ3v) is 34.9. The number of aliphatic hydroxyl groups is 6. The molecule has 584 valence electrons. The summed E-state index contributed by atoms with van der Waals surface area (Å²) in [6.07, 6.45) is 44.0. The molecule has 0 aliphatic heterocycles. The van der Waals surface area contributed by atoms with Gasteiger partial charge in [-0.25, -0.2) is 0 Å². The molecular formula is C97H147FO6S. The molecule has 6 nitrogen and oxygen atoms in total. The van der Waals surface area contributed by atoms with Gasteiger partial charge in [0.2, 0.25) is 0 Å². The Morgan fingerprint density at radius 1 is 0.371 bits per heavy atom. The van der Waals surface area contributed by atoms with Gasteiger partial charge in [0, 0.05) is 18.4 Å². The van der Waals surface area contributed by atoms with Crippen molar-refractivity contribution in [1.29, 1.82) is 0 Å². The monoisotopic (exact) mass is 1460 g/mol. The number of benzene rings is 3. The number of hydrogen-bond donors (Lipinski definition) is 6. The molecule has 15 rings (SSSR count). The van der Waals surface area contributed by atoms with E-state index in [-0.39, 0.29) is 12.1 Å². The Morgan fingerprint density at radius 2 is 0.610 bits per heavy atom. The molecule has 0 amide bonds. The summed E-state index contributed by atoms with van der Waals surface area (Å²) in [5.41, 5.74) is 6.37. The lowest BCUT2D eigenvalue weighted by atomic mass is 9.46. The minimum atomic E-state index is -0.743. The molecule has 0 bridgehead atoms. The Hall–Kier alpha value is -3.08. The van der Waals surface area contributed by atoms with Crippen LogP contribution in [-0.4, -0.2) is 53.7 Å². The highest BCUT2D eigenvalue weighted by atomic mass is 32.2. The molecule has 1 unspecified atom stereocenters. The van der Waals surface area contributed by atoms with Crippen molar-refractivity contribution in [2.45, 2.75) is 330 Å². The fourth-order valence-electron chi connectivity index (χ4n) is 28.3. The molecule has 12 aliphatic rings. The van der Waals surface area contributed by atoms with E-state index < -0.39 is 33.6 Å². The van der Waals surface area contributed by atoms with Crippen LogP contribution in [0.1, 0.15) is 313 Å². The summed E-state index contributed by atoms with van der Waals surface area (Å²) in [6.45, 7) is 35.0. The van der Waals surface area contributed by atoms with E-state index in [2.05, 4.69) is 117 Å². The predicted octanol–water partition coefficient (Wildman–Crippen LogP) is 24.2. The second-order valence-electron chi connectivity index (χ2n) is 41.6. The third-order valence-electron chi connectivity index (χ3n) is 34.9. The molecule has 3 aromatic carbocycles. The fourth-order valence-corrected chi connectivity index (χ4v) is 28.3. The molecular weight excluding hydrogens is 1310 g/mol.